The van der Waals surface area contributed by atoms with E-state index < -0.39 is 5.97 Å². The standard InChI is InChI=1S/C19H17NO3/c1-11-9-16-14-7-4-8-15(19(22)23)17(14)18(21)20(16)10-12-5-2-3-6-13(11)12/h2-8,11,16H,9-10H2,1H3,(H,22,23)/p-1/t11-,16-/m1/s1. The molecule has 0 aliphatic carbocycles. The van der Waals surface area contributed by atoms with Gasteiger partial charge in [0.2, 0.25) is 0 Å². The molecule has 0 spiro atoms. The van der Waals surface area contributed by atoms with E-state index in [-0.39, 0.29) is 17.5 Å². The number of benzene rings is 2. The largest absolute Gasteiger partial charge is 0.545 e. The van der Waals surface area contributed by atoms with Gasteiger partial charge in [0.25, 0.3) is 5.91 Å². The number of carbonyl (C=O) groups is 2. The molecular weight excluding hydrogens is 290 g/mol. The lowest BCUT2D eigenvalue weighted by Gasteiger charge is -2.23. The van der Waals surface area contributed by atoms with Gasteiger partial charge in [0.15, 0.2) is 0 Å². The Bertz CT molecular complexity index is 827. The highest BCUT2D eigenvalue weighted by Gasteiger charge is 2.41. The summed E-state index contributed by atoms with van der Waals surface area (Å²) in [5.74, 6) is -1.18. The van der Waals surface area contributed by atoms with E-state index in [4.69, 9.17) is 0 Å². The van der Waals surface area contributed by atoms with E-state index in [9.17, 15) is 14.7 Å². The molecular formula is C19H16NO3-. The van der Waals surface area contributed by atoms with Crippen LogP contribution in [0.15, 0.2) is 42.5 Å². The Morgan fingerprint density at radius 3 is 2.65 bits per heavy atom. The molecule has 2 heterocycles. The molecule has 0 unspecified atom stereocenters. The van der Waals surface area contributed by atoms with Crippen LogP contribution in [0.3, 0.4) is 0 Å². The summed E-state index contributed by atoms with van der Waals surface area (Å²) in [6.07, 6.45) is 0.798. The first kappa shape index (κ1) is 14.0. The zero-order valence-corrected chi connectivity index (χ0v) is 12.8. The summed E-state index contributed by atoms with van der Waals surface area (Å²) in [5, 5.41) is 11.4. The second-order valence-corrected chi connectivity index (χ2v) is 6.34. The molecule has 4 rings (SSSR count). The molecule has 2 aliphatic rings. The topological polar surface area (TPSA) is 60.4 Å². The third-order valence-corrected chi connectivity index (χ3v) is 5.03. The first-order chi connectivity index (χ1) is 11.1. The number of carboxylic acid groups (broad SMARTS) is 1. The molecule has 2 aliphatic heterocycles. The van der Waals surface area contributed by atoms with Crippen LogP contribution in [0, 0.1) is 0 Å². The van der Waals surface area contributed by atoms with Crippen LogP contribution in [-0.2, 0) is 6.54 Å². The molecule has 0 saturated carbocycles. The average molecular weight is 306 g/mol. The number of hydrogen-bond donors (Lipinski definition) is 0. The highest BCUT2D eigenvalue weighted by atomic mass is 16.4. The summed E-state index contributed by atoms with van der Waals surface area (Å²) in [5.41, 5.74) is 3.54. The Morgan fingerprint density at radius 2 is 1.87 bits per heavy atom. The van der Waals surface area contributed by atoms with Crippen molar-refractivity contribution in [2.24, 2.45) is 0 Å². The minimum atomic E-state index is -1.29. The van der Waals surface area contributed by atoms with Gasteiger partial charge < -0.3 is 14.8 Å². The third-order valence-electron chi connectivity index (χ3n) is 5.03. The maximum absolute atomic E-state index is 12.9. The molecule has 2 aromatic rings. The molecule has 0 aromatic heterocycles. The van der Waals surface area contributed by atoms with Crippen molar-refractivity contribution < 1.29 is 14.7 Å². The number of amides is 1. The fourth-order valence-electron chi connectivity index (χ4n) is 3.95. The second kappa shape index (κ2) is 4.95. The first-order valence-corrected chi connectivity index (χ1v) is 7.81. The van der Waals surface area contributed by atoms with Crippen molar-refractivity contribution >= 4 is 11.9 Å². The van der Waals surface area contributed by atoms with Crippen LogP contribution in [-0.4, -0.2) is 16.8 Å². The minimum absolute atomic E-state index is 0.00140. The number of rotatable bonds is 1. The van der Waals surface area contributed by atoms with Gasteiger partial charge in [-0.15, -0.1) is 0 Å². The quantitative estimate of drug-likeness (QED) is 0.812. The fourth-order valence-corrected chi connectivity index (χ4v) is 3.95. The number of aromatic carboxylic acids is 1. The maximum Gasteiger partial charge on any atom is 0.255 e. The molecule has 4 heteroatoms. The van der Waals surface area contributed by atoms with Crippen molar-refractivity contribution in [2.75, 3.05) is 0 Å². The summed E-state index contributed by atoms with van der Waals surface area (Å²) < 4.78 is 0. The van der Waals surface area contributed by atoms with Crippen molar-refractivity contribution in [2.45, 2.75) is 31.8 Å². The highest BCUT2D eigenvalue weighted by Crippen LogP contribution is 2.45. The predicted molar refractivity (Wildman–Crippen MR) is 82.9 cm³/mol. The Kier molecular flexibility index (Phi) is 3.01. The van der Waals surface area contributed by atoms with Gasteiger partial charge in [-0.3, -0.25) is 4.79 Å². The normalized spacial score (nSPS) is 22.1. The van der Waals surface area contributed by atoms with E-state index in [1.807, 2.05) is 24.3 Å². The molecule has 2 aromatic carbocycles. The number of carbonyl (C=O) groups excluding carboxylic acids is 2. The van der Waals surface area contributed by atoms with Gasteiger partial charge >= 0.3 is 0 Å². The second-order valence-electron chi connectivity index (χ2n) is 6.34. The monoisotopic (exact) mass is 306 g/mol. The lowest BCUT2D eigenvalue weighted by molar-refractivity contribution is -0.255. The molecule has 0 bridgehead atoms. The van der Waals surface area contributed by atoms with E-state index in [0.717, 1.165) is 17.5 Å². The molecule has 4 nitrogen and oxygen atoms in total. The third kappa shape index (κ3) is 1.98. The van der Waals surface area contributed by atoms with Gasteiger partial charge in [0, 0.05) is 12.1 Å². The van der Waals surface area contributed by atoms with E-state index in [0.29, 0.717) is 18.0 Å². The summed E-state index contributed by atoms with van der Waals surface area (Å²) >= 11 is 0. The maximum atomic E-state index is 12.9. The van der Waals surface area contributed by atoms with Gasteiger partial charge in [0.05, 0.1) is 17.6 Å². The highest BCUT2D eigenvalue weighted by molar-refractivity contribution is 6.07. The van der Waals surface area contributed by atoms with Crippen LogP contribution in [0.1, 0.15) is 62.7 Å². The summed E-state index contributed by atoms with van der Waals surface area (Å²) in [4.78, 5) is 26.0. The molecule has 23 heavy (non-hydrogen) atoms. The van der Waals surface area contributed by atoms with Crippen LogP contribution < -0.4 is 5.11 Å². The number of hydrogen-bond acceptors (Lipinski definition) is 3. The molecule has 0 radical (unpaired) electrons. The lowest BCUT2D eigenvalue weighted by Crippen LogP contribution is -2.28. The molecule has 0 saturated heterocycles. The Hall–Kier alpha value is -2.62. The summed E-state index contributed by atoms with van der Waals surface area (Å²) in [7, 11) is 0. The smallest absolute Gasteiger partial charge is 0.255 e. The zero-order valence-electron chi connectivity index (χ0n) is 12.8. The summed E-state index contributed by atoms with van der Waals surface area (Å²) in [6.45, 7) is 2.68. The Morgan fingerprint density at radius 1 is 1.13 bits per heavy atom. The number of fused-ring (bicyclic) bond motifs is 4. The van der Waals surface area contributed by atoms with Crippen LogP contribution in [0.5, 0.6) is 0 Å². The molecule has 116 valence electrons. The zero-order chi connectivity index (χ0) is 16.1. The van der Waals surface area contributed by atoms with Gasteiger partial charge in [0.1, 0.15) is 0 Å². The average Bonchev–Trinajstić information content (AvgIpc) is 2.72. The SMILES string of the molecule is C[C@@H]1C[C@@H]2c3cccc(C(=O)[O-])c3C(=O)N2Cc2ccccc21. The van der Waals surface area contributed by atoms with Crippen molar-refractivity contribution in [3.8, 4) is 0 Å². The van der Waals surface area contributed by atoms with E-state index >= 15 is 0 Å². The Labute approximate surface area is 134 Å². The van der Waals surface area contributed by atoms with E-state index in [2.05, 4.69) is 13.0 Å². The molecule has 2 atom stereocenters. The number of carboxylic acids is 1. The summed E-state index contributed by atoms with van der Waals surface area (Å²) in [6, 6.07) is 13.1. The van der Waals surface area contributed by atoms with Gasteiger partial charge in [-0.25, -0.2) is 0 Å². The van der Waals surface area contributed by atoms with Crippen molar-refractivity contribution in [1.82, 2.24) is 4.90 Å². The van der Waals surface area contributed by atoms with Gasteiger partial charge in [-0.2, -0.15) is 0 Å². The fraction of sp³-hybridized carbons (Fsp3) is 0.263. The molecule has 0 N–H and O–H groups in total. The van der Waals surface area contributed by atoms with Crippen LogP contribution in [0.25, 0.3) is 0 Å². The molecule has 0 fully saturated rings. The van der Waals surface area contributed by atoms with Crippen molar-refractivity contribution in [1.29, 1.82) is 0 Å². The van der Waals surface area contributed by atoms with Crippen LogP contribution in [0.4, 0.5) is 0 Å². The van der Waals surface area contributed by atoms with E-state index in [1.54, 1.807) is 11.0 Å². The van der Waals surface area contributed by atoms with Gasteiger partial charge in [-0.05, 0) is 29.0 Å². The van der Waals surface area contributed by atoms with Crippen molar-refractivity contribution in [3.63, 3.8) is 0 Å². The number of nitrogens with zero attached hydrogens (tertiary/aromatic N) is 1. The van der Waals surface area contributed by atoms with Gasteiger partial charge in [-0.1, -0.05) is 49.4 Å². The van der Waals surface area contributed by atoms with Crippen molar-refractivity contribution in [3.05, 3.63) is 70.3 Å². The van der Waals surface area contributed by atoms with E-state index in [1.165, 1.54) is 11.6 Å². The minimum Gasteiger partial charge on any atom is -0.545 e. The Balaban J connectivity index is 1.85. The lowest BCUT2D eigenvalue weighted by atomic mass is 9.89. The molecule has 1 amide bonds. The predicted octanol–water partition coefficient (Wildman–Crippen LogP) is 2.25. The van der Waals surface area contributed by atoms with Crippen LogP contribution >= 0.6 is 0 Å². The van der Waals surface area contributed by atoms with Crippen LogP contribution in [0.2, 0.25) is 0 Å². The first-order valence-electron chi connectivity index (χ1n) is 7.81.